The van der Waals surface area contributed by atoms with Crippen molar-refractivity contribution in [3.05, 3.63) is 40.1 Å². The van der Waals surface area contributed by atoms with Crippen LogP contribution < -0.4 is 5.84 Å². The summed E-state index contributed by atoms with van der Waals surface area (Å²) in [7, 11) is 0. The van der Waals surface area contributed by atoms with Crippen LogP contribution in [0, 0.1) is 0 Å². The van der Waals surface area contributed by atoms with Crippen molar-refractivity contribution in [2.75, 3.05) is 5.84 Å². The highest BCUT2D eigenvalue weighted by Gasteiger charge is 2.12. The first kappa shape index (κ1) is 13.4. The highest BCUT2D eigenvalue weighted by Crippen LogP contribution is 2.23. The number of halogens is 1. The molecule has 0 radical (unpaired) electrons. The van der Waals surface area contributed by atoms with E-state index in [1.54, 1.807) is 16.4 Å². The Balaban J connectivity index is 2.07. The molecule has 96 valence electrons. The Morgan fingerprint density at radius 3 is 2.78 bits per heavy atom. The van der Waals surface area contributed by atoms with Gasteiger partial charge < -0.3 is 5.84 Å². The fraction of sp³-hybridized carbons (Fsp3) is 0.333. The van der Waals surface area contributed by atoms with Crippen LogP contribution in [0.15, 0.2) is 33.9 Å². The summed E-state index contributed by atoms with van der Waals surface area (Å²) < 4.78 is 2.66. The van der Waals surface area contributed by atoms with Gasteiger partial charge in [-0.1, -0.05) is 53.7 Å². The summed E-state index contributed by atoms with van der Waals surface area (Å²) in [5.74, 6) is 7.88. The van der Waals surface area contributed by atoms with Crippen LogP contribution in [0.1, 0.15) is 31.2 Å². The Morgan fingerprint density at radius 2 is 2.17 bits per heavy atom. The van der Waals surface area contributed by atoms with E-state index in [0.717, 1.165) is 21.2 Å². The molecule has 0 spiro atoms. The van der Waals surface area contributed by atoms with Gasteiger partial charge in [0.1, 0.15) is 0 Å². The highest BCUT2D eigenvalue weighted by molar-refractivity contribution is 9.10. The second-order valence-electron chi connectivity index (χ2n) is 4.28. The lowest BCUT2D eigenvalue weighted by Crippen LogP contribution is -2.14. The van der Waals surface area contributed by atoms with Crippen molar-refractivity contribution in [2.24, 2.45) is 0 Å². The summed E-state index contributed by atoms with van der Waals surface area (Å²) in [6, 6.07) is 8.20. The smallest absolute Gasteiger partial charge is 0.210 e. The SMILES string of the molecule is CC(C)c1nnc(SCc2cccc(Br)c2)n1N. The lowest BCUT2D eigenvalue weighted by molar-refractivity contribution is 0.712. The van der Waals surface area contributed by atoms with E-state index in [1.807, 2.05) is 12.1 Å². The summed E-state index contributed by atoms with van der Waals surface area (Å²) in [5.41, 5.74) is 1.23. The average Bonchev–Trinajstić information content (AvgIpc) is 2.68. The van der Waals surface area contributed by atoms with Crippen LogP contribution in [-0.2, 0) is 5.75 Å². The van der Waals surface area contributed by atoms with E-state index >= 15 is 0 Å². The number of nitrogens with two attached hydrogens (primary N) is 1. The first-order chi connectivity index (χ1) is 8.58. The van der Waals surface area contributed by atoms with Gasteiger partial charge in [-0.15, -0.1) is 10.2 Å². The largest absolute Gasteiger partial charge is 0.336 e. The van der Waals surface area contributed by atoms with E-state index in [2.05, 4.69) is 52.1 Å². The summed E-state index contributed by atoms with van der Waals surface area (Å²) in [6.45, 7) is 4.10. The van der Waals surface area contributed by atoms with Crippen molar-refractivity contribution in [3.8, 4) is 0 Å². The number of nitrogens with zero attached hydrogens (tertiary/aromatic N) is 3. The van der Waals surface area contributed by atoms with Crippen molar-refractivity contribution in [2.45, 2.75) is 30.7 Å². The van der Waals surface area contributed by atoms with Crippen molar-refractivity contribution in [3.63, 3.8) is 0 Å². The van der Waals surface area contributed by atoms with Crippen LogP contribution >= 0.6 is 27.7 Å². The Hall–Kier alpha value is -1.01. The van der Waals surface area contributed by atoms with Crippen LogP contribution in [0.25, 0.3) is 0 Å². The summed E-state index contributed by atoms with van der Waals surface area (Å²) >= 11 is 5.05. The van der Waals surface area contributed by atoms with Crippen molar-refractivity contribution in [1.82, 2.24) is 14.9 Å². The minimum Gasteiger partial charge on any atom is -0.336 e. The van der Waals surface area contributed by atoms with Crippen LogP contribution in [0.3, 0.4) is 0 Å². The second kappa shape index (κ2) is 5.75. The fourth-order valence-electron chi connectivity index (χ4n) is 1.56. The van der Waals surface area contributed by atoms with E-state index < -0.39 is 0 Å². The number of nitrogen functional groups attached to an aromatic ring is 1. The van der Waals surface area contributed by atoms with Gasteiger partial charge in [0.15, 0.2) is 5.82 Å². The number of hydrogen-bond acceptors (Lipinski definition) is 4. The molecule has 0 atom stereocenters. The molecule has 0 aliphatic rings. The maximum atomic E-state index is 5.96. The summed E-state index contributed by atoms with van der Waals surface area (Å²) in [6.07, 6.45) is 0. The van der Waals surface area contributed by atoms with Gasteiger partial charge in [-0.3, -0.25) is 0 Å². The highest BCUT2D eigenvalue weighted by atomic mass is 79.9. The molecule has 1 aromatic heterocycles. The Kier molecular flexibility index (Phi) is 4.29. The van der Waals surface area contributed by atoms with Crippen molar-refractivity contribution in [1.29, 1.82) is 0 Å². The van der Waals surface area contributed by atoms with Crippen molar-refractivity contribution < 1.29 is 0 Å². The minimum atomic E-state index is 0.280. The molecule has 0 amide bonds. The summed E-state index contributed by atoms with van der Waals surface area (Å²) in [5, 5.41) is 8.97. The van der Waals surface area contributed by atoms with Crippen LogP contribution in [0.4, 0.5) is 0 Å². The molecule has 2 aromatic rings. The maximum Gasteiger partial charge on any atom is 0.210 e. The molecule has 0 unspecified atom stereocenters. The molecule has 1 heterocycles. The van der Waals surface area contributed by atoms with E-state index in [1.165, 1.54) is 5.56 Å². The number of aromatic nitrogens is 3. The number of thioether (sulfide) groups is 1. The number of rotatable bonds is 4. The normalized spacial score (nSPS) is 11.1. The molecular formula is C12H15BrN4S. The molecule has 2 N–H and O–H groups in total. The third kappa shape index (κ3) is 3.05. The predicted octanol–water partition coefficient (Wildman–Crippen LogP) is 3.17. The Bertz CT molecular complexity index is 539. The monoisotopic (exact) mass is 326 g/mol. The Morgan fingerprint density at radius 1 is 1.39 bits per heavy atom. The third-order valence-electron chi connectivity index (χ3n) is 2.46. The molecule has 0 aliphatic heterocycles. The maximum absolute atomic E-state index is 5.96. The first-order valence-corrected chi connectivity index (χ1v) is 7.43. The fourth-order valence-corrected chi connectivity index (χ4v) is 2.81. The van der Waals surface area contributed by atoms with Gasteiger partial charge in [-0.25, -0.2) is 4.68 Å². The van der Waals surface area contributed by atoms with Gasteiger partial charge in [-0.05, 0) is 17.7 Å². The van der Waals surface area contributed by atoms with Crippen LogP contribution in [0.5, 0.6) is 0 Å². The predicted molar refractivity (Wildman–Crippen MR) is 78.0 cm³/mol. The quantitative estimate of drug-likeness (QED) is 0.692. The minimum absolute atomic E-state index is 0.280. The zero-order valence-electron chi connectivity index (χ0n) is 10.3. The van der Waals surface area contributed by atoms with Crippen LogP contribution in [0.2, 0.25) is 0 Å². The molecule has 4 nitrogen and oxygen atoms in total. The lowest BCUT2D eigenvalue weighted by atomic mass is 10.2. The average molecular weight is 327 g/mol. The van der Waals surface area contributed by atoms with Gasteiger partial charge >= 0.3 is 0 Å². The first-order valence-electron chi connectivity index (χ1n) is 5.65. The van der Waals surface area contributed by atoms with E-state index in [-0.39, 0.29) is 5.92 Å². The van der Waals surface area contributed by atoms with Gasteiger partial charge in [-0.2, -0.15) is 0 Å². The molecule has 18 heavy (non-hydrogen) atoms. The molecule has 6 heteroatoms. The van der Waals surface area contributed by atoms with E-state index in [4.69, 9.17) is 5.84 Å². The van der Waals surface area contributed by atoms with Crippen LogP contribution in [-0.4, -0.2) is 14.9 Å². The van der Waals surface area contributed by atoms with E-state index in [9.17, 15) is 0 Å². The third-order valence-corrected chi connectivity index (χ3v) is 3.97. The lowest BCUT2D eigenvalue weighted by Gasteiger charge is -2.05. The number of benzene rings is 1. The van der Waals surface area contributed by atoms with Gasteiger partial charge in [0.25, 0.3) is 0 Å². The molecule has 1 aromatic carbocycles. The molecule has 2 rings (SSSR count). The molecule has 0 saturated carbocycles. The molecule has 0 saturated heterocycles. The van der Waals surface area contributed by atoms with Gasteiger partial charge in [0, 0.05) is 16.1 Å². The molecule has 0 aliphatic carbocycles. The zero-order chi connectivity index (χ0) is 13.1. The second-order valence-corrected chi connectivity index (χ2v) is 6.14. The summed E-state index contributed by atoms with van der Waals surface area (Å²) in [4.78, 5) is 0. The van der Waals surface area contributed by atoms with Gasteiger partial charge in [0.2, 0.25) is 5.16 Å². The zero-order valence-corrected chi connectivity index (χ0v) is 12.7. The number of hydrogen-bond donors (Lipinski definition) is 1. The topological polar surface area (TPSA) is 56.7 Å². The molecule has 0 fully saturated rings. The Labute approximate surface area is 119 Å². The molecular weight excluding hydrogens is 312 g/mol. The van der Waals surface area contributed by atoms with Crippen molar-refractivity contribution >= 4 is 27.7 Å². The molecule has 0 bridgehead atoms. The van der Waals surface area contributed by atoms with E-state index in [0.29, 0.717) is 0 Å². The standard InChI is InChI=1S/C12H15BrN4S/c1-8(2)11-15-16-12(17(11)14)18-7-9-4-3-5-10(13)6-9/h3-6,8H,7,14H2,1-2H3. The van der Waals surface area contributed by atoms with Gasteiger partial charge in [0.05, 0.1) is 0 Å².